The lowest BCUT2D eigenvalue weighted by Gasteiger charge is -2.06. The third-order valence-corrected chi connectivity index (χ3v) is 1.74. The van der Waals surface area contributed by atoms with E-state index in [4.69, 9.17) is 4.74 Å². The van der Waals surface area contributed by atoms with Crippen molar-refractivity contribution >= 4 is 12.2 Å². The van der Waals surface area contributed by atoms with Crippen molar-refractivity contribution in [3.8, 4) is 5.75 Å². The van der Waals surface area contributed by atoms with E-state index in [0.717, 1.165) is 17.2 Å². The van der Waals surface area contributed by atoms with Crippen LogP contribution in [0.15, 0.2) is 23.2 Å². The Labute approximate surface area is 81.2 Å². The zero-order valence-electron chi connectivity index (χ0n) is 7.90. The second-order valence-electron chi connectivity index (χ2n) is 2.79. The van der Waals surface area contributed by atoms with Crippen LogP contribution in [0.5, 0.6) is 5.75 Å². The predicted molar refractivity (Wildman–Crippen MR) is 50.1 cm³/mol. The van der Waals surface area contributed by atoms with Crippen molar-refractivity contribution in [2.75, 3.05) is 0 Å². The number of hydrogen-bond acceptors (Lipinski definition) is 3. The maximum atomic E-state index is 10.9. The molecule has 72 valence electrons. The number of nitrogens with zero attached hydrogens (tertiary/aromatic N) is 1. The molecular formula is C10H9NO3. The normalized spacial score (nSPS) is 9.00. The van der Waals surface area contributed by atoms with Crippen LogP contribution in [-0.2, 0) is 4.79 Å². The Balaban J connectivity index is 2.96. The standard InChI is InChI=1S/C10H9NO3/c1-7-4-3-5-8(2)9(7)14-10(13)11-6-12/h3-5H,1-2H3. The van der Waals surface area contributed by atoms with Gasteiger partial charge in [-0.15, -0.1) is 0 Å². The number of rotatable bonds is 1. The van der Waals surface area contributed by atoms with Crippen LogP contribution < -0.4 is 4.74 Å². The molecule has 0 aromatic heterocycles. The van der Waals surface area contributed by atoms with E-state index in [0.29, 0.717) is 5.75 Å². The molecule has 0 bridgehead atoms. The first-order chi connectivity index (χ1) is 6.65. The van der Waals surface area contributed by atoms with Crippen LogP contribution in [0.2, 0.25) is 0 Å². The molecule has 1 amide bonds. The van der Waals surface area contributed by atoms with Gasteiger partial charge in [-0.05, 0) is 25.0 Å². The summed E-state index contributed by atoms with van der Waals surface area (Å²) in [6.45, 7) is 3.61. The van der Waals surface area contributed by atoms with Gasteiger partial charge in [-0.2, -0.15) is 0 Å². The molecular weight excluding hydrogens is 182 g/mol. The minimum Gasteiger partial charge on any atom is -0.408 e. The van der Waals surface area contributed by atoms with Gasteiger partial charge in [-0.3, -0.25) is 0 Å². The van der Waals surface area contributed by atoms with Gasteiger partial charge in [0.2, 0.25) is 6.08 Å². The van der Waals surface area contributed by atoms with Crippen molar-refractivity contribution in [3.63, 3.8) is 0 Å². The minimum atomic E-state index is -0.947. The van der Waals surface area contributed by atoms with Gasteiger partial charge in [0.15, 0.2) is 0 Å². The zero-order valence-corrected chi connectivity index (χ0v) is 7.90. The third-order valence-electron chi connectivity index (χ3n) is 1.74. The van der Waals surface area contributed by atoms with Crippen molar-refractivity contribution in [3.05, 3.63) is 29.3 Å². The minimum absolute atomic E-state index is 0.441. The summed E-state index contributed by atoms with van der Waals surface area (Å²) in [5, 5.41) is 0. The molecule has 1 rings (SSSR count). The summed E-state index contributed by atoms with van der Waals surface area (Å²) in [5.74, 6) is 0.441. The van der Waals surface area contributed by atoms with Gasteiger partial charge in [0.25, 0.3) is 0 Å². The maximum absolute atomic E-state index is 10.9. The summed E-state index contributed by atoms with van der Waals surface area (Å²) in [7, 11) is 0. The molecule has 4 heteroatoms. The first-order valence-corrected chi connectivity index (χ1v) is 4.01. The first kappa shape index (κ1) is 10.2. The molecule has 1 aromatic carbocycles. The number of aliphatic imine (C=N–C) groups is 1. The lowest BCUT2D eigenvalue weighted by Crippen LogP contribution is -2.04. The Kier molecular flexibility index (Phi) is 3.15. The van der Waals surface area contributed by atoms with E-state index in [-0.39, 0.29) is 0 Å². The average Bonchev–Trinajstić information content (AvgIpc) is 2.12. The number of carbonyl (C=O) groups excluding carboxylic acids is 2. The largest absolute Gasteiger partial charge is 0.450 e. The molecule has 1 aromatic rings. The Morgan fingerprint density at radius 2 is 1.93 bits per heavy atom. The molecule has 4 nitrogen and oxygen atoms in total. The molecule has 0 saturated heterocycles. The van der Waals surface area contributed by atoms with Crippen LogP contribution in [0.4, 0.5) is 4.79 Å². The molecule has 0 aliphatic carbocycles. The molecule has 0 unspecified atom stereocenters. The van der Waals surface area contributed by atoms with E-state index < -0.39 is 6.09 Å². The van der Waals surface area contributed by atoms with Crippen LogP contribution in [0.3, 0.4) is 0 Å². The molecule has 0 fully saturated rings. The maximum Gasteiger partial charge on any atom is 0.450 e. The van der Waals surface area contributed by atoms with Gasteiger partial charge >= 0.3 is 6.09 Å². The number of para-hydroxylation sites is 1. The highest BCUT2D eigenvalue weighted by Crippen LogP contribution is 2.22. The van der Waals surface area contributed by atoms with E-state index in [1.807, 2.05) is 6.07 Å². The summed E-state index contributed by atoms with van der Waals surface area (Å²) in [6.07, 6.45) is 0.180. The summed E-state index contributed by atoms with van der Waals surface area (Å²) in [6, 6.07) is 5.46. The molecule has 0 N–H and O–H groups in total. The summed E-state index contributed by atoms with van der Waals surface area (Å²) in [5.41, 5.74) is 1.64. The SMILES string of the molecule is Cc1cccc(C)c1OC(=O)N=C=O. The predicted octanol–water partition coefficient (Wildman–Crippen LogP) is 2.14. The molecule has 0 spiro atoms. The fraction of sp³-hybridized carbons (Fsp3) is 0.200. The van der Waals surface area contributed by atoms with Crippen LogP contribution in [0.25, 0.3) is 0 Å². The van der Waals surface area contributed by atoms with Crippen LogP contribution in [-0.4, -0.2) is 12.2 Å². The Morgan fingerprint density at radius 3 is 2.43 bits per heavy atom. The molecule has 0 aliphatic heterocycles. The molecule has 14 heavy (non-hydrogen) atoms. The van der Waals surface area contributed by atoms with Gasteiger partial charge in [-0.1, -0.05) is 23.2 Å². The first-order valence-electron chi connectivity index (χ1n) is 4.01. The summed E-state index contributed by atoms with van der Waals surface area (Å²) < 4.78 is 4.85. The van der Waals surface area contributed by atoms with Crippen molar-refractivity contribution in [1.82, 2.24) is 0 Å². The van der Waals surface area contributed by atoms with Gasteiger partial charge in [0.1, 0.15) is 5.75 Å². The number of carbonyl (C=O) groups is 1. The van der Waals surface area contributed by atoms with Gasteiger partial charge in [0, 0.05) is 0 Å². The number of amides is 1. The van der Waals surface area contributed by atoms with Gasteiger partial charge in [0.05, 0.1) is 0 Å². The summed E-state index contributed by atoms with van der Waals surface area (Å²) >= 11 is 0. The highest BCUT2D eigenvalue weighted by Gasteiger charge is 2.07. The van der Waals surface area contributed by atoms with Crippen molar-refractivity contribution in [1.29, 1.82) is 0 Å². The molecule has 0 aliphatic rings. The Morgan fingerprint density at radius 1 is 1.36 bits per heavy atom. The number of ether oxygens (including phenoxy) is 1. The second-order valence-corrected chi connectivity index (χ2v) is 2.79. The topological polar surface area (TPSA) is 55.7 Å². The number of isocyanates is 1. The van der Waals surface area contributed by atoms with Crippen LogP contribution in [0, 0.1) is 13.8 Å². The van der Waals surface area contributed by atoms with Crippen LogP contribution in [0.1, 0.15) is 11.1 Å². The number of hydrogen-bond donors (Lipinski definition) is 0. The Hall–Kier alpha value is -1.93. The van der Waals surface area contributed by atoms with E-state index >= 15 is 0 Å². The quantitative estimate of drug-likeness (QED) is 0.504. The van der Waals surface area contributed by atoms with Crippen molar-refractivity contribution in [2.45, 2.75) is 13.8 Å². The average molecular weight is 191 g/mol. The number of benzene rings is 1. The molecule has 0 radical (unpaired) electrons. The molecule has 0 heterocycles. The third kappa shape index (κ3) is 2.28. The highest BCUT2D eigenvalue weighted by atomic mass is 16.5. The lowest BCUT2D eigenvalue weighted by molar-refractivity contribution is 0.210. The Bertz CT molecular complexity index is 386. The van der Waals surface area contributed by atoms with Gasteiger partial charge < -0.3 is 4.74 Å². The fourth-order valence-corrected chi connectivity index (χ4v) is 1.11. The second kappa shape index (κ2) is 4.35. The molecule has 0 saturated carbocycles. The van der Waals surface area contributed by atoms with E-state index in [9.17, 15) is 9.59 Å². The molecule has 0 atom stereocenters. The van der Waals surface area contributed by atoms with Crippen molar-refractivity contribution < 1.29 is 14.3 Å². The van der Waals surface area contributed by atoms with E-state index in [1.54, 1.807) is 26.0 Å². The van der Waals surface area contributed by atoms with E-state index in [2.05, 4.69) is 4.99 Å². The van der Waals surface area contributed by atoms with Crippen molar-refractivity contribution in [2.24, 2.45) is 4.99 Å². The number of aryl methyl sites for hydroxylation is 2. The monoisotopic (exact) mass is 191 g/mol. The smallest absolute Gasteiger partial charge is 0.408 e. The zero-order chi connectivity index (χ0) is 10.6. The lowest BCUT2D eigenvalue weighted by atomic mass is 10.1. The van der Waals surface area contributed by atoms with Crippen LogP contribution >= 0.6 is 0 Å². The van der Waals surface area contributed by atoms with E-state index in [1.165, 1.54) is 0 Å². The fourth-order valence-electron chi connectivity index (χ4n) is 1.11. The van der Waals surface area contributed by atoms with Gasteiger partial charge in [-0.25, -0.2) is 9.59 Å². The summed E-state index contributed by atoms with van der Waals surface area (Å²) in [4.78, 5) is 23.5. The highest BCUT2D eigenvalue weighted by molar-refractivity contribution is 5.77.